The molecule has 7 rings (SSSR count). The predicted octanol–water partition coefficient (Wildman–Crippen LogP) is 11.0. The summed E-state index contributed by atoms with van der Waals surface area (Å²) in [4.78, 5) is 0. The summed E-state index contributed by atoms with van der Waals surface area (Å²) in [5.74, 6) is 0. The van der Waals surface area contributed by atoms with E-state index in [-0.39, 0.29) is 21.8 Å². The molecule has 0 N–H and O–H groups in total. The molecule has 49 heavy (non-hydrogen) atoms. The van der Waals surface area contributed by atoms with Crippen LogP contribution in [0.2, 0.25) is 0 Å². The molecule has 3 heterocycles. The molecule has 5 aromatic rings. The molecular weight excluding hydrogens is 593 g/mol. The number of fused-ring (bicyclic) bond motifs is 4. The predicted molar refractivity (Wildman–Crippen MR) is 206 cm³/mol. The summed E-state index contributed by atoms with van der Waals surface area (Å²) in [6.45, 7) is 19.5. The first kappa shape index (κ1) is 33.2. The Morgan fingerprint density at radius 2 is 1.31 bits per heavy atom. The van der Waals surface area contributed by atoms with Gasteiger partial charge in [-0.3, -0.25) is 0 Å². The Bertz CT molecular complexity index is 2080. The summed E-state index contributed by atoms with van der Waals surface area (Å²) in [6, 6.07) is 34.0. The van der Waals surface area contributed by atoms with Crippen LogP contribution < -0.4 is 9.13 Å². The molecule has 2 nitrogen and oxygen atoms in total. The molecule has 0 bridgehead atoms. The van der Waals surface area contributed by atoms with Gasteiger partial charge in [0.15, 0.2) is 17.9 Å². The zero-order chi connectivity index (χ0) is 34.8. The summed E-state index contributed by atoms with van der Waals surface area (Å²) < 4.78 is 4.91. The average molecular weight is 647 g/mol. The molecule has 0 saturated carbocycles. The molecule has 2 unspecified atom stereocenters. The Morgan fingerprint density at radius 1 is 0.653 bits per heavy atom. The highest BCUT2D eigenvalue weighted by Crippen LogP contribution is 2.55. The molecule has 2 aliphatic rings. The summed E-state index contributed by atoms with van der Waals surface area (Å²) >= 11 is 0. The van der Waals surface area contributed by atoms with Gasteiger partial charge in [-0.1, -0.05) is 102 Å². The van der Waals surface area contributed by atoms with Gasteiger partial charge in [0.05, 0.1) is 16.5 Å². The monoisotopic (exact) mass is 646 g/mol. The first-order chi connectivity index (χ1) is 23.4. The summed E-state index contributed by atoms with van der Waals surface area (Å²) in [7, 11) is 2.14. The highest BCUT2D eigenvalue weighted by Gasteiger charge is 2.59. The lowest BCUT2D eigenvalue weighted by Crippen LogP contribution is -2.68. The molecule has 1 aliphatic heterocycles. The van der Waals surface area contributed by atoms with Crippen molar-refractivity contribution in [3.05, 3.63) is 137 Å². The largest absolute Gasteiger partial charge is 0.213 e. The minimum atomic E-state index is -0.310. The Kier molecular flexibility index (Phi) is 8.09. The fourth-order valence-corrected chi connectivity index (χ4v) is 9.24. The van der Waals surface area contributed by atoms with Crippen LogP contribution in [0.15, 0.2) is 109 Å². The van der Waals surface area contributed by atoms with E-state index in [2.05, 4.69) is 187 Å². The Hall–Kier alpha value is -4.30. The molecule has 0 spiro atoms. The quantitative estimate of drug-likeness (QED) is 0.162. The Balaban J connectivity index is 1.55. The van der Waals surface area contributed by atoms with Crippen LogP contribution in [0, 0.1) is 6.92 Å². The van der Waals surface area contributed by atoms with Gasteiger partial charge in [-0.05, 0) is 102 Å². The molecule has 0 radical (unpaired) electrons. The zero-order valence-electron chi connectivity index (χ0n) is 31.2. The second-order valence-corrected chi connectivity index (χ2v) is 16.3. The highest BCUT2D eigenvalue weighted by molar-refractivity contribution is 5.75. The second kappa shape index (κ2) is 11.9. The van der Waals surface area contributed by atoms with Gasteiger partial charge in [0.1, 0.15) is 7.05 Å². The maximum absolute atomic E-state index is 2.68. The van der Waals surface area contributed by atoms with E-state index in [0.29, 0.717) is 0 Å². The van der Waals surface area contributed by atoms with Crippen molar-refractivity contribution in [2.75, 3.05) is 0 Å². The third-order valence-electron chi connectivity index (χ3n) is 12.7. The number of benzene rings is 3. The van der Waals surface area contributed by atoms with Crippen molar-refractivity contribution in [1.82, 2.24) is 0 Å². The highest BCUT2D eigenvalue weighted by atomic mass is 15.1. The third kappa shape index (κ3) is 5.13. The van der Waals surface area contributed by atoms with Crippen molar-refractivity contribution in [2.45, 2.75) is 103 Å². The first-order valence-corrected chi connectivity index (χ1v) is 18.4. The minimum Gasteiger partial charge on any atom is -0.201 e. The molecule has 250 valence electrons. The number of pyridine rings is 2. The molecule has 0 saturated heterocycles. The Labute approximate surface area is 295 Å². The van der Waals surface area contributed by atoms with Crippen LogP contribution in [0.3, 0.4) is 0 Å². The lowest BCUT2D eigenvalue weighted by atomic mass is 9.56. The molecule has 3 aromatic carbocycles. The lowest BCUT2D eigenvalue weighted by Gasteiger charge is -2.49. The van der Waals surface area contributed by atoms with Crippen LogP contribution in [-0.4, -0.2) is 0 Å². The fourth-order valence-electron chi connectivity index (χ4n) is 9.24. The van der Waals surface area contributed by atoms with Crippen LogP contribution in [0.4, 0.5) is 0 Å². The number of hydrogen-bond acceptors (Lipinski definition) is 0. The van der Waals surface area contributed by atoms with Gasteiger partial charge in [0.2, 0.25) is 11.4 Å². The van der Waals surface area contributed by atoms with E-state index in [9.17, 15) is 0 Å². The van der Waals surface area contributed by atoms with E-state index >= 15 is 0 Å². The topological polar surface area (TPSA) is 7.76 Å². The van der Waals surface area contributed by atoms with Crippen molar-refractivity contribution in [3.8, 4) is 33.6 Å². The molecule has 0 amide bonds. The van der Waals surface area contributed by atoms with Gasteiger partial charge in [-0.2, -0.15) is 4.57 Å². The molecule has 1 aliphatic carbocycles. The molecule has 2 aromatic heterocycles. The van der Waals surface area contributed by atoms with E-state index in [1.807, 2.05) is 0 Å². The van der Waals surface area contributed by atoms with Gasteiger partial charge >= 0.3 is 0 Å². The number of aryl methyl sites for hydroxylation is 2. The van der Waals surface area contributed by atoms with E-state index in [1.165, 1.54) is 68.7 Å². The second-order valence-electron chi connectivity index (χ2n) is 16.3. The molecular formula is C47H54N2+2. The Morgan fingerprint density at radius 3 is 1.98 bits per heavy atom. The van der Waals surface area contributed by atoms with Gasteiger partial charge in [0.25, 0.3) is 0 Å². The van der Waals surface area contributed by atoms with Crippen LogP contribution in [0.1, 0.15) is 102 Å². The minimum absolute atomic E-state index is 0.142. The first-order valence-electron chi connectivity index (χ1n) is 18.4. The third-order valence-corrected chi connectivity index (χ3v) is 12.7. The van der Waals surface area contributed by atoms with Crippen molar-refractivity contribution >= 4 is 6.08 Å². The molecule has 0 fully saturated rings. The normalized spacial score (nSPS) is 22.0. The number of aromatic nitrogens is 2. The van der Waals surface area contributed by atoms with Crippen LogP contribution >= 0.6 is 0 Å². The van der Waals surface area contributed by atoms with E-state index < -0.39 is 0 Å². The van der Waals surface area contributed by atoms with Crippen molar-refractivity contribution in [2.24, 2.45) is 7.05 Å². The van der Waals surface area contributed by atoms with Crippen molar-refractivity contribution < 1.29 is 9.13 Å². The fraction of sp³-hybridized carbons (Fsp3) is 0.362. The van der Waals surface area contributed by atoms with Gasteiger partial charge in [-0.15, -0.1) is 0 Å². The average Bonchev–Trinajstić information content (AvgIpc) is 3.11. The van der Waals surface area contributed by atoms with Gasteiger partial charge < -0.3 is 0 Å². The standard InChI is InChI=1S/C47H54N2/c1-10-46(8)39-31-41-40(44(4,5)26-27-45(41,6)7)30-37(39)43-29-33(3)38(34-19-13-12-14-20-34)32-49(43)47(46,11-2)25-24-35-21-15-16-22-36(35)42-23-17-18-28-48(42)9/h12-25,28-32H,10-11,26-27H2,1-9H3/q+2. The smallest absolute Gasteiger partial charge is 0.201 e. The van der Waals surface area contributed by atoms with Crippen molar-refractivity contribution in [1.29, 1.82) is 0 Å². The number of allylic oxidation sites excluding steroid dienone is 1. The summed E-state index contributed by atoms with van der Waals surface area (Å²) in [5, 5.41) is 0. The van der Waals surface area contributed by atoms with E-state index in [1.54, 1.807) is 5.56 Å². The van der Waals surface area contributed by atoms with Crippen LogP contribution in [0.5, 0.6) is 0 Å². The van der Waals surface area contributed by atoms with Crippen LogP contribution in [-0.2, 0) is 28.8 Å². The summed E-state index contributed by atoms with van der Waals surface area (Å²) in [6.07, 6.45) is 14.0. The van der Waals surface area contributed by atoms with Gasteiger partial charge in [0, 0.05) is 30.2 Å². The molecule has 2 atom stereocenters. The van der Waals surface area contributed by atoms with Gasteiger partial charge in [-0.25, -0.2) is 4.57 Å². The van der Waals surface area contributed by atoms with Crippen LogP contribution in [0.25, 0.3) is 39.7 Å². The van der Waals surface area contributed by atoms with E-state index in [4.69, 9.17) is 0 Å². The number of rotatable bonds is 6. The maximum atomic E-state index is 2.68. The summed E-state index contributed by atoms with van der Waals surface area (Å²) in [5.41, 5.74) is 14.7. The van der Waals surface area contributed by atoms with Crippen molar-refractivity contribution in [3.63, 3.8) is 0 Å². The lowest BCUT2D eigenvalue weighted by molar-refractivity contribution is -0.755. The number of hydrogen-bond donors (Lipinski definition) is 0. The maximum Gasteiger partial charge on any atom is 0.213 e. The van der Waals surface area contributed by atoms with E-state index in [0.717, 1.165) is 12.8 Å². The zero-order valence-corrected chi connectivity index (χ0v) is 31.2. The molecule has 2 heteroatoms. The number of nitrogens with zero attached hydrogens (tertiary/aromatic N) is 2. The SMILES string of the molecule is CCC1(C)c2cc3c(cc2-c2cc(C)c(-c4ccccc4)c[n+]2C1(C=Cc1ccccc1-c1cccc[n+]1C)CC)C(C)(C)CCC3(C)C.